The van der Waals surface area contributed by atoms with Crippen molar-refractivity contribution in [3.8, 4) is 0 Å². The molecule has 3 rings (SSSR count). The van der Waals surface area contributed by atoms with E-state index < -0.39 is 6.10 Å². The van der Waals surface area contributed by atoms with Gasteiger partial charge in [-0.05, 0) is 35.2 Å². The first-order valence-electron chi connectivity index (χ1n) is 5.62. The summed E-state index contributed by atoms with van der Waals surface area (Å²) in [5.74, 6) is 0. The van der Waals surface area contributed by atoms with Gasteiger partial charge in [-0.3, -0.25) is 0 Å². The highest BCUT2D eigenvalue weighted by Crippen LogP contribution is 2.34. The minimum absolute atomic E-state index is 0.451. The van der Waals surface area contributed by atoms with Crippen LogP contribution in [0, 0.1) is 0 Å². The SMILES string of the molecule is OC(Cc1cccc(Cl)c1)c1cc2sccc2s1. The lowest BCUT2D eigenvalue weighted by molar-refractivity contribution is 0.182. The molecule has 92 valence electrons. The van der Waals surface area contributed by atoms with Gasteiger partial charge in [-0.1, -0.05) is 23.7 Å². The molecule has 0 aliphatic rings. The Hall–Kier alpha value is -0.870. The summed E-state index contributed by atoms with van der Waals surface area (Å²) in [6, 6.07) is 11.8. The molecule has 3 aromatic rings. The Bertz CT molecular complexity index is 643. The molecule has 1 unspecified atom stereocenters. The zero-order chi connectivity index (χ0) is 12.5. The topological polar surface area (TPSA) is 20.2 Å². The van der Waals surface area contributed by atoms with Crippen LogP contribution in [-0.2, 0) is 6.42 Å². The summed E-state index contributed by atoms with van der Waals surface area (Å²) in [6.45, 7) is 0. The molecule has 1 atom stereocenters. The van der Waals surface area contributed by atoms with Crippen LogP contribution in [0.15, 0.2) is 41.8 Å². The van der Waals surface area contributed by atoms with Crippen LogP contribution in [-0.4, -0.2) is 5.11 Å². The van der Waals surface area contributed by atoms with Gasteiger partial charge >= 0.3 is 0 Å². The van der Waals surface area contributed by atoms with E-state index in [4.69, 9.17) is 11.6 Å². The van der Waals surface area contributed by atoms with Gasteiger partial charge in [0.2, 0.25) is 0 Å². The predicted octanol–water partition coefficient (Wildman–Crippen LogP) is 4.89. The van der Waals surface area contributed by atoms with E-state index in [-0.39, 0.29) is 0 Å². The first-order chi connectivity index (χ1) is 8.72. The number of rotatable bonds is 3. The number of benzene rings is 1. The molecule has 0 saturated carbocycles. The molecule has 1 nitrogen and oxygen atoms in total. The molecule has 0 aliphatic carbocycles. The van der Waals surface area contributed by atoms with Crippen molar-refractivity contribution in [2.24, 2.45) is 0 Å². The van der Waals surface area contributed by atoms with Gasteiger partial charge < -0.3 is 5.11 Å². The molecule has 0 aliphatic heterocycles. The van der Waals surface area contributed by atoms with Crippen molar-refractivity contribution in [2.45, 2.75) is 12.5 Å². The van der Waals surface area contributed by atoms with Crippen LogP contribution in [0.2, 0.25) is 5.02 Å². The van der Waals surface area contributed by atoms with Crippen LogP contribution >= 0.6 is 34.3 Å². The zero-order valence-electron chi connectivity index (χ0n) is 9.47. The fraction of sp³-hybridized carbons (Fsp3) is 0.143. The largest absolute Gasteiger partial charge is 0.387 e. The molecule has 0 fully saturated rings. The van der Waals surface area contributed by atoms with Crippen LogP contribution in [0.4, 0.5) is 0 Å². The highest BCUT2D eigenvalue weighted by atomic mass is 35.5. The third-order valence-corrected chi connectivity index (χ3v) is 5.23. The number of aliphatic hydroxyl groups is 1. The van der Waals surface area contributed by atoms with Gasteiger partial charge in [-0.25, -0.2) is 0 Å². The maximum absolute atomic E-state index is 10.3. The third-order valence-electron chi connectivity index (χ3n) is 2.80. The second-order valence-electron chi connectivity index (χ2n) is 4.15. The van der Waals surface area contributed by atoms with E-state index in [0.717, 1.165) is 10.4 Å². The second kappa shape index (κ2) is 5.02. The summed E-state index contributed by atoms with van der Waals surface area (Å²) in [4.78, 5) is 1.02. The Labute approximate surface area is 118 Å². The van der Waals surface area contributed by atoms with E-state index in [2.05, 4.69) is 17.5 Å². The van der Waals surface area contributed by atoms with Crippen molar-refractivity contribution in [2.75, 3.05) is 0 Å². The number of hydrogen-bond acceptors (Lipinski definition) is 3. The minimum atomic E-state index is -0.451. The molecular weight excluding hydrogens is 284 g/mol. The molecule has 0 amide bonds. The van der Waals surface area contributed by atoms with Crippen LogP contribution in [0.3, 0.4) is 0 Å². The average Bonchev–Trinajstić information content (AvgIpc) is 2.88. The van der Waals surface area contributed by atoms with Crippen molar-refractivity contribution in [1.29, 1.82) is 0 Å². The standard InChI is InChI=1S/C14H11ClOS2/c15-10-3-1-2-9(6-10)7-11(16)13-8-14-12(18-13)4-5-17-14/h1-6,8,11,16H,7H2. The van der Waals surface area contributed by atoms with E-state index >= 15 is 0 Å². The lowest BCUT2D eigenvalue weighted by Crippen LogP contribution is -1.99. The highest BCUT2D eigenvalue weighted by Gasteiger charge is 2.13. The van der Waals surface area contributed by atoms with Crippen molar-refractivity contribution in [3.05, 3.63) is 57.2 Å². The molecular formula is C14H11ClOS2. The monoisotopic (exact) mass is 294 g/mol. The smallest absolute Gasteiger partial charge is 0.0922 e. The number of hydrogen-bond donors (Lipinski definition) is 1. The van der Waals surface area contributed by atoms with E-state index in [1.165, 1.54) is 9.40 Å². The van der Waals surface area contributed by atoms with Gasteiger partial charge in [0, 0.05) is 25.7 Å². The van der Waals surface area contributed by atoms with Crippen molar-refractivity contribution < 1.29 is 5.11 Å². The maximum Gasteiger partial charge on any atom is 0.0922 e. The minimum Gasteiger partial charge on any atom is -0.387 e. The van der Waals surface area contributed by atoms with E-state index in [1.54, 1.807) is 22.7 Å². The van der Waals surface area contributed by atoms with Gasteiger partial charge in [-0.2, -0.15) is 0 Å². The van der Waals surface area contributed by atoms with Crippen LogP contribution in [0.5, 0.6) is 0 Å². The molecule has 2 aromatic heterocycles. The summed E-state index contributed by atoms with van der Waals surface area (Å²) in [5.41, 5.74) is 1.06. The molecule has 18 heavy (non-hydrogen) atoms. The van der Waals surface area contributed by atoms with Crippen LogP contribution in [0.1, 0.15) is 16.5 Å². The second-order valence-corrected chi connectivity index (χ2v) is 6.65. The van der Waals surface area contributed by atoms with Crippen LogP contribution < -0.4 is 0 Å². The average molecular weight is 295 g/mol. The summed E-state index contributed by atoms with van der Waals surface area (Å²) >= 11 is 9.32. The van der Waals surface area contributed by atoms with Crippen molar-refractivity contribution in [3.63, 3.8) is 0 Å². The summed E-state index contributed by atoms with van der Waals surface area (Å²) < 4.78 is 2.50. The van der Waals surface area contributed by atoms with Crippen LogP contribution in [0.25, 0.3) is 9.40 Å². The molecule has 0 spiro atoms. The zero-order valence-corrected chi connectivity index (χ0v) is 11.9. The van der Waals surface area contributed by atoms with Gasteiger partial charge in [0.1, 0.15) is 0 Å². The Morgan fingerprint density at radius 1 is 1.17 bits per heavy atom. The molecule has 0 saturated heterocycles. The van der Waals surface area contributed by atoms with Crippen molar-refractivity contribution >= 4 is 43.7 Å². The predicted molar refractivity (Wildman–Crippen MR) is 79.8 cm³/mol. The number of thiophene rings is 2. The number of halogens is 1. The summed E-state index contributed by atoms with van der Waals surface area (Å²) in [7, 11) is 0. The van der Waals surface area contributed by atoms with Gasteiger partial charge in [0.25, 0.3) is 0 Å². The highest BCUT2D eigenvalue weighted by molar-refractivity contribution is 7.26. The normalized spacial score (nSPS) is 13.0. The maximum atomic E-state index is 10.3. The first kappa shape index (κ1) is 12.2. The van der Waals surface area contributed by atoms with Gasteiger partial charge in [0.05, 0.1) is 6.10 Å². The molecule has 0 radical (unpaired) electrons. The Kier molecular flexibility index (Phi) is 3.39. The summed E-state index contributed by atoms with van der Waals surface area (Å²) in [5, 5.41) is 13.0. The van der Waals surface area contributed by atoms with E-state index in [9.17, 15) is 5.11 Å². The molecule has 1 aromatic carbocycles. The quantitative estimate of drug-likeness (QED) is 0.729. The Morgan fingerprint density at radius 2 is 2.06 bits per heavy atom. The van der Waals surface area contributed by atoms with Gasteiger partial charge in [0.15, 0.2) is 0 Å². The van der Waals surface area contributed by atoms with E-state index in [0.29, 0.717) is 11.4 Å². The molecule has 1 N–H and O–H groups in total. The molecule has 2 heterocycles. The summed E-state index contributed by atoms with van der Waals surface area (Å²) in [6.07, 6.45) is 0.155. The number of fused-ring (bicyclic) bond motifs is 1. The molecule has 0 bridgehead atoms. The fourth-order valence-electron chi connectivity index (χ4n) is 1.94. The lowest BCUT2D eigenvalue weighted by Gasteiger charge is -2.08. The van der Waals surface area contributed by atoms with E-state index in [1.807, 2.05) is 24.3 Å². The molecule has 4 heteroatoms. The first-order valence-corrected chi connectivity index (χ1v) is 7.69. The Morgan fingerprint density at radius 3 is 2.83 bits per heavy atom. The number of aliphatic hydroxyl groups excluding tert-OH is 1. The fourth-order valence-corrected chi connectivity index (χ4v) is 4.26. The lowest BCUT2D eigenvalue weighted by atomic mass is 10.1. The Balaban J connectivity index is 1.82. The van der Waals surface area contributed by atoms with Gasteiger partial charge in [-0.15, -0.1) is 22.7 Å². The third kappa shape index (κ3) is 2.45. The van der Waals surface area contributed by atoms with Crippen molar-refractivity contribution in [1.82, 2.24) is 0 Å².